The molecule has 1 aliphatic carbocycles. The van der Waals surface area contributed by atoms with Crippen molar-refractivity contribution in [2.24, 2.45) is 5.73 Å². The molecular weight excluding hydrogens is 438 g/mol. The topological polar surface area (TPSA) is 99.4 Å². The van der Waals surface area contributed by atoms with Gasteiger partial charge in [0.05, 0.1) is 0 Å². The third-order valence-electron chi connectivity index (χ3n) is 8.10. The molecule has 2 aliphatic heterocycles. The predicted octanol–water partition coefficient (Wildman–Crippen LogP) is 3.68. The highest BCUT2D eigenvalue weighted by atomic mass is 16.1. The quantitative estimate of drug-likeness (QED) is 0.435. The van der Waals surface area contributed by atoms with Crippen LogP contribution < -0.4 is 21.3 Å². The van der Waals surface area contributed by atoms with Crippen LogP contribution in [0.15, 0.2) is 12.3 Å². The molecule has 35 heavy (non-hydrogen) atoms. The first-order chi connectivity index (χ1) is 17.2. The van der Waals surface area contributed by atoms with Gasteiger partial charge in [-0.25, -0.2) is 4.98 Å². The van der Waals surface area contributed by atoms with E-state index in [0.29, 0.717) is 31.5 Å². The number of carbonyl (C=O) groups is 1. The van der Waals surface area contributed by atoms with Crippen molar-refractivity contribution < 1.29 is 4.79 Å². The van der Waals surface area contributed by atoms with Crippen molar-refractivity contribution in [1.29, 1.82) is 0 Å². The van der Waals surface area contributed by atoms with Gasteiger partial charge in [0.15, 0.2) is 0 Å². The van der Waals surface area contributed by atoms with Crippen LogP contribution in [-0.4, -0.2) is 71.6 Å². The first-order valence-corrected chi connectivity index (χ1v) is 14.3. The van der Waals surface area contributed by atoms with Gasteiger partial charge < -0.3 is 21.3 Å². The Labute approximate surface area is 211 Å². The summed E-state index contributed by atoms with van der Waals surface area (Å²) in [6.45, 7) is 4.62. The van der Waals surface area contributed by atoms with Crippen LogP contribution in [0.1, 0.15) is 89.9 Å². The molecule has 3 aliphatic rings. The van der Waals surface area contributed by atoms with E-state index >= 15 is 0 Å². The lowest BCUT2D eigenvalue weighted by atomic mass is 9.87. The highest BCUT2D eigenvalue weighted by Gasteiger charge is 2.37. The molecule has 1 aromatic rings. The Hall–Kier alpha value is -1.93. The highest BCUT2D eigenvalue weighted by Crippen LogP contribution is 2.31. The molecule has 3 fully saturated rings. The van der Waals surface area contributed by atoms with Gasteiger partial charge in [0.2, 0.25) is 11.9 Å². The molecule has 1 saturated carbocycles. The van der Waals surface area contributed by atoms with Gasteiger partial charge in [0, 0.05) is 50.4 Å². The molecule has 3 heterocycles. The van der Waals surface area contributed by atoms with Gasteiger partial charge in [-0.2, -0.15) is 4.98 Å². The Balaban J connectivity index is 1.45. The zero-order valence-corrected chi connectivity index (χ0v) is 21.6. The second kappa shape index (κ2) is 14.0. The summed E-state index contributed by atoms with van der Waals surface area (Å²) in [5.41, 5.74) is 5.61. The molecule has 196 valence electrons. The van der Waals surface area contributed by atoms with Gasteiger partial charge in [-0.05, 0) is 70.5 Å². The van der Waals surface area contributed by atoms with Crippen molar-refractivity contribution in [1.82, 2.24) is 20.2 Å². The summed E-state index contributed by atoms with van der Waals surface area (Å²) < 4.78 is 0. The van der Waals surface area contributed by atoms with E-state index in [-0.39, 0.29) is 18.0 Å². The van der Waals surface area contributed by atoms with E-state index in [1.54, 1.807) is 0 Å². The maximum absolute atomic E-state index is 13.0. The van der Waals surface area contributed by atoms with E-state index in [1.807, 2.05) is 12.3 Å². The molecule has 2 unspecified atom stereocenters. The maximum Gasteiger partial charge on any atom is 0.224 e. The summed E-state index contributed by atoms with van der Waals surface area (Å²) in [6.07, 6.45) is 18.0. The average Bonchev–Trinajstić information content (AvgIpc) is 3.18. The van der Waals surface area contributed by atoms with Crippen LogP contribution in [-0.2, 0) is 4.79 Å². The van der Waals surface area contributed by atoms with Gasteiger partial charge in [0.25, 0.3) is 0 Å². The third kappa shape index (κ3) is 7.78. The van der Waals surface area contributed by atoms with E-state index in [4.69, 9.17) is 10.7 Å². The lowest BCUT2D eigenvalue weighted by Gasteiger charge is -2.46. The molecule has 0 aromatic carbocycles. The van der Waals surface area contributed by atoms with Crippen LogP contribution in [0.25, 0.3) is 0 Å². The Bertz CT molecular complexity index is 762. The molecule has 0 spiro atoms. The van der Waals surface area contributed by atoms with Crippen molar-refractivity contribution in [2.75, 3.05) is 42.9 Å². The fourth-order valence-electron chi connectivity index (χ4n) is 6.20. The number of hydrogen-bond acceptors (Lipinski definition) is 7. The zero-order valence-electron chi connectivity index (χ0n) is 21.6. The van der Waals surface area contributed by atoms with E-state index < -0.39 is 0 Å². The SMILES string of the molecule is NCCCCNC(=O)CC1C(Nc2nccc(N3CCCCCC3)n2)CCCN1C1CCCCC1. The summed E-state index contributed by atoms with van der Waals surface area (Å²) in [5.74, 6) is 1.88. The zero-order chi connectivity index (χ0) is 24.3. The minimum atomic E-state index is 0.153. The monoisotopic (exact) mass is 485 g/mol. The van der Waals surface area contributed by atoms with Crippen molar-refractivity contribution >= 4 is 17.7 Å². The standard InChI is InChI=1S/C27H47N7O/c28-15-6-7-16-29-26(35)21-24-23(13-10-20-34(24)22-11-4-3-5-12-22)31-27-30-17-14-25(32-27)33-18-8-1-2-9-19-33/h14,17,22-24H,1-13,15-16,18-21,28H2,(H,29,35)(H,30,31,32). The van der Waals surface area contributed by atoms with Gasteiger partial charge >= 0.3 is 0 Å². The summed E-state index contributed by atoms with van der Waals surface area (Å²) in [6, 6.07) is 2.98. The molecule has 2 saturated heterocycles. The molecule has 0 bridgehead atoms. The van der Waals surface area contributed by atoms with Crippen molar-refractivity contribution in [3.63, 3.8) is 0 Å². The number of unbranched alkanes of at least 4 members (excludes halogenated alkanes) is 1. The minimum Gasteiger partial charge on any atom is -0.356 e. The molecule has 8 nitrogen and oxygen atoms in total. The van der Waals surface area contributed by atoms with Gasteiger partial charge in [0.1, 0.15) is 5.82 Å². The van der Waals surface area contributed by atoms with E-state index in [1.165, 1.54) is 57.8 Å². The van der Waals surface area contributed by atoms with Crippen LogP contribution in [0.5, 0.6) is 0 Å². The van der Waals surface area contributed by atoms with Crippen LogP contribution in [0.4, 0.5) is 11.8 Å². The highest BCUT2D eigenvalue weighted by molar-refractivity contribution is 5.76. The van der Waals surface area contributed by atoms with Gasteiger partial charge in [-0.15, -0.1) is 0 Å². The minimum absolute atomic E-state index is 0.153. The number of piperidine rings is 1. The summed E-state index contributed by atoms with van der Waals surface area (Å²) >= 11 is 0. The van der Waals surface area contributed by atoms with E-state index in [2.05, 4.69) is 25.4 Å². The summed E-state index contributed by atoms with van der Waals surface area (Å²) in [7, 11) is 0. The Kier molecular flexibility index (Phi) is 10.4. The first-order valence-electron chi connectivity index (χ1n) is 14.3. The fourth-order valence-corrected chi connectivity index (χ4v) is 6.20. The number of anilines is 2. The van der Waals surface area contributed by atoms with Crippen LogP contribution in [0, 0.1) is 0 Å². The second-order valence-electron chi connectivity index (χ2n) is 10.7. The number of hydrogen-bond donors (Lipinski definition) is 3. The van der Waals surface area contributed by atoms with Crippen LogP contribution in [0.3, 0.4) is 0 Å². The average molecular weight is 486 g/mol. The predicted molar refractivity (Wildman–Crippen MR) is 143 cm³/mol. The summed E-state index contributed by atoms with van der Waals surface area (Å²) in [5, 5.41) is 6.83. The lowest BCUT2D eigenvalue weighted by Crippen LogP contribution is -2.57. The number of aromatic nitrogens is 2. The smallest absolute Gasteiger partial charge is 0.224 e. The Morgan fingerprint density at radius 2 is 1.74 bits per heavy atom. The number of amides is 1. The van der Waals surface area contributed by atoms with E-state index in [0.717, 1.165) is 51.1 Å². The van der Waals surface area contributed by atoms with Gasteiger partial charge in [-0.3, -0.25) is 9.69 Å². The Morgan fingerprint density at radius 3 is 2.51 bits per heavy atom. The molecule has 1 aromatic heterocycles. The number of rotatable bonds is 10. The number of likely N-dealkylation sites (tertiary alicyclic amines) is 1. The molecule has 1 amide bonds. The van der Waals surface area contributed by atoms with Crippen LogP contribution in [0.2, 0.25) is 0 Å². The second-order valence-corrected chi connectivity index (χ2v) is 10.7. The molecular formula is C27H47N7O. The van der Waals surface area contributed by atoms with Crippen molar-refractivity contribution in [3.8, 4) is 0 Å². The molecule has 2 atom stereocenters. The normalized spacial score (nSPS) is 24.7. The third-order valence-corrected chi connectivity index (χ3v) is 8.10. The van der Waals surface area contributed by atoms with Crippen LogP contribution >= 0.6 is 0 Å². The molecule has 4 rings (SSSR count). The van der Waals surface area contributed by atoms with Crippen molar-refractivity contribution in [2.45, 2.75) is 108 Å². The largest absolute Gasteiger partial charge is 0.356 e. The van der Waals surface area contributed by atoms with Gasteiger partial charge in [-0.1, -0.05) is 32.1 Å². The fraction of sp³-hybridized carbons (Fsp3) is 0.815. The number of carbonyl (C=O) groups excluding carboxylic acids is 1. The molecule has 4 N–H and O–H groups in total. The number of nitrogens with one attached hydrogen (secondary N) is 2. The number of nitrogens with zero attached hydrogens (tertiary/aromatic N) is 4. The Morgan fingerprint density at radius 1 is 0.971 bits per heavy atom. The first kappa shape index (κ1) is 26.1. The van der Waals surface area contributed by atoms with E-state index in [9.17, 15) is 4.79 Å². The molecule has 8 heteroatoms. The van der Waals surface area contributed by atoms with Crippen molar-refractivity contribution in [3.05, 3.63) is 12.3 Å². The lowest BCUT2D eigenvalue weighted by molar-refractivity contribution is -0.123. The number of nitrogens with two attached hydrogens (primary N) is 1. The maximum atomic E-state index is 13.0. The molecule has 0 radical (unpaired) electrons. The summed E-state index contributed by atoms with van der Waals surface area (Å²) in [4.78, 5) is 27.5.